The van der Waals surface area contributed by atoms with E-state index < -0.39 is 5.41 Å². The van der Waals surface area contributed by atoms with Crippen LogP contribution in [0.5, 0.6) is 5.75 Å². The van der Waals surface area contributed by atoms with Crippen molar-refractivity contribution in [2.24, 2.45) is 0 Å². The first kappa shape index (κ1) is 20.7. The molecule has 0 unspecified atom stereocenters. The standard InChI is InChI=1S/C23H29ClN2O2/c1-23(2,19-7-9-20(24)10-8-19)22(27)26-14-4-13-25(15-16-26)17-18-5-11-21(28-3)12-6-18/h5-12H,4,13-17H2,1-3H3. The number of benzene rings is 2. The molecule has 0 aliphatic carbocycles. The smallest absolute Gasteiger partial charge is 0.232 e. The predicted octanol–water partition coefficient (Wildman–Crippen LogP) is 4.36. The number of ether oxygens (including phenoxy) is 1. The zero-order chi connectivity index (χ0) is 20.1. The Kier molecular flexibility index (Phi) is 6.63. The number of rotatable bonds is 5. The molecule has 0 spiro atoms. The second kappa shape index (κ2) is 8.97. The molecular formula is C23H29ClN2O2. The number of halogens is 1. The van der Waals surface area contributed by atoms with E-state index in [2.05, 4.69) is 17.0 Å². The fraction of sp³-hybridized carbons (Fsp3) is 0.435. The quantitative estimate of drug-likeness (QED) is 0.747. The Labute approximate surface area is 173 Å². The molecule has 5 heteroatoms. The highest BCUT2D eigenvalue weighted by Crippen LogP contribution is 2.27. The van der Waals surface area contributed by atoms with Crippen LogP contribution in [0.4, 0.5) is 0 Å². The average Bonchev–Trinajstić information content (AvgIpc) is 2.94. The van der Waals surface area contributed by atoms with Gasteiger partial charge in [0.05, 0.1) is 12.5 Å². The van der Waals surface area contributed by atoms with E-state index in [0.717, 1.165) is 50.5 Å². The Balaban J connectivity index is 1.62. The van der Waals surface area contributed by atoms with Crippen LogP contribution in [-0.4, -0.2) is 49.0 Å². The fourth-order valence-electron chi connectivity index (χ4n) is 3.71. The Morgan fingerprint density at radius 2 is 1.68 bits per heavy atom. The third kappa shape index (κ3) is 4.86. The fourth-order valence-corrected chi connectivity index (χ4v) is 3.83. The molecule has 4 nitrogen and oxygen atoms in total. The van der Waals surface area contributed by atoms with Crippen LogP contribution in [0.1, 0.15) is 31.4 Å². The van der Waals surface area contributed by atoms with E-state index in [9.17, 15) is 4.79 Å². The lowest BCUT2D eigenvalue weighted by molar-refractivity contribution is -0.136. The molecular weight excluding hydrogens is 372 g/mol. The lowest BCUT2D eigenvalue weighted by Crippen LogP contribution is -2.45. The van der Waals surface area contributed by atoms with Crippen LogP contribution in [0.25, 0.3) is 0 Å². The molecule has 0 bridgehead atoms. The molecule has 3 rings (SSSR count). The monoisotopic (exact) mass is 400 g/mol. The van der Waals surface area contributed by atoms with Crippen molar-refractivity contribution in [2.45, 2.75) is 32.2 Å². The Bertz CT molecular complexity index is 787. The number of hydrogen-bond acceptors (Lipinski definition) is 3. The number of carbonyl (C=O) groups is 1. The van der Waals surface area contributed by atoms with Crippen LogP contribution in [0, 0.1) is 0 Å². The van der Waals surface area contributed by atoms with Crippen LogP contribution in [0.15, 0.2) is 48.5 Å². The molecule has 2 aromatic rings. The van der Waals surface area contributed by atoms with Crippen LogP contribution in [-0.2, 0) is 16.8 Å². The summed E-state index contributed by atoms with van der Waals surface area (Å²) < 4.78 is 5.23. The van der Waals surface area contributed by atoms with Gasteiger partial charge in [0.1, 0.15) is 5.75 Å². The molecule has 0 N–H and O–H groups in total. The summed E-state index contributed by atoms with van der Waals surface area (Å²) in [5.41, 5.74) is 1.71. The zero-order valence-electron chi connectivity index (χ0n) is 17.0. The van der Waals surface area contributed by atoms with Crippen LogP contribution in [0.3, 0.4) is 0 Å². The van der Waals surface area contributed by atoms with Gasteiger partial charge in [-0.2, -0.15) is 0 Å². The molecule has 1 heterocycles. The van der Waals surface area contributed by atoms with Gasteiger partial charge >= 0.3 is 0 Å². The predicted molar refractivity (Wildman–Crippen MR) is 114 cm³/mol. The van der Waals surface area contributed by atoms with E-state index in [4.69, 9.17) is 16.3 Å². The maximum absolute atomic E-state index is 13.3. The maximum Gasteiger partial charge on any atom is 0.232 e. The topological polar surface area (TPSA) is 32.8 Å². The first-order valence-electron chi connectivity index (χ1n) is 9.81. The molecule has 150 valence electrons. The normalized spacial score (nSPS) is 15.9. The highest BCUT2D eigenvalue weighted by Gasteiger charge is 2.34. The van der Waals surface area contributed by atoms with Gasteiger partial charge in [-0.1, -0.05) is 35.9 Å². The van der Waals surface area contributed by atoms with Gasteiger partial charge in [0, 0.05) is 37.7 Å². The Morgan fingerprint density at radius 3 is 2.32 bits per heavy atom. The van der Waals surface area contributed by atoms with Crippen molar-refractivity contribution >= 4 is 17.5 Å². The minimum absolute atomic E-state index is 0.182. The molecule has 1 saturated heterocycles. The molecule has 28 heavy (non-hydrogen) atoms. The van der Waals surface area contributed by atoms with Crippen molar-refractivity contribution in [1.29, 1.82) is 0 Å². The lowest BCUT2D eigenvalue weighted by Gasteiger charge is -2.32. The first-order chi connectivity index (χ1) is 13.4. The molecule has 1 amide bonds. The maximum atomic E-state index is 13.3. The second-order valence-corrected chi connectivity index (χ2v) is 8.34. The second-order valence-electron chi connectivity index (χ2n) is 7.90. The summed E-state index contributed by atoms with van der Waals surface area (Å²) in [5, 5.41) is 0.691. The molecule has 0 atom stereocenters. The molecule has 1 fully saturated rings. The molecule has 0 radical (unpaired) electrons. The summed E-state index contributed by atoms with van der Waals surface area (Å²) in [6.07, 6.45) is 0.985. The molecule has 1 aliphatic rings. The number of carbonyl (C=O) groups excluding carboxylic acids is 1. The van der Waals surface area contributed by atoms with Gasteiger partial charge in [-0.15, -0.1) is 0 Å². The highest BCUT2D eigenvalue weighted by molar-refractivity contribution is 6.30. The minimum Gasteiger partial charge on any atom is -0.497 e. The van der Waals surface area contributed by atoms with E-state index in [0.29, 0.717) is 5.02 Å². The molecule has 0 saturated carbocycles. The number of methoxy groups -OCH3 is 1. The third-order valence-electron chi connectivity index (χ3n) is 5.54. The van der Waals surface area contributed by atoms with Crippen molar-refractivity contribution in [1.82, 2.24) is 9.80 Å². The van der Waals surface area contributed by atoms with Crippen molar-refractivity contribution < 1.29 is 9.53 Å². The first-order valence-corrected chi connectivity index (χ1v) is 10.2. The zero-order valence-corrected chi connectivity index (χ0v) is 17.7. The van der Waals surface area contributed by atoms with Crippen molar-refractivity contribution in [2.75, 3.05) is 33.3 Å². The van der Waals surface area contributed by atoms with Gasteiger partial charge in [0.15, 0.2) is 0 Å². The molecule has 2 aromatic carbocycles. The largest absolute Gasteiger partial charge is 0.497 e. The van der Waals surface area contributed by atoms with E-state index in [1.165, 1.54) is 5.56 Å². The van der Waals surface area contributed by atoms with Gasteiger partial charge in [0.25, 0.3) is 0 Å². The lowest BCUT2D eigenvalue weighted by atomic mass is 9.83. The van der Waals surface area contributed by atoms with Crippen LogP contribution < -0.4 is 4.74 Å². The number of hydrogen-bond donors (Lipinski definition) is 0. The number of nitrogens with zero attached hydrogens (tertiary/aromatic N) is 2. The Morgan fingerprint density at radius 1 is 1.00 bits per heavy atom. The van der Waals surface area contributed by atoms with Gasteiger partial charge in [0.2, 0.25) is 5.91 Å². The SMILES string of the molecule is COc1ccc(CN2CCCN(C(=O)C(C)(C)c3ccc(Cl)cc3)CC2)cc1. The van der Waals surface area contributed by atoms with Gasteiger partial charge in [-0.3, -0.25) is 9.69 Å². The summed E-state index contributed by atoms with van der Waals surface area (Å²) in [4.78, 5) is 17.7. The summed E-state index contributed by atoms with van der Waals surface area (Å²) in [6.45, 7) is 8.33. The Hall–Kier alpha value is -2.04. The summed E-state index contributed by atoms with van der Waals surface area (Å²) in [7, 11) is 1.68. The van der Waals surface area contributed by atoms with E-state index in [1.54, 1.807) is 7.11 Å². The van der Waals surface area contributed by atoms with Crippen molar-refractivity contribution in [3.63, 3.8) is 0 Å². The molecule has 1 aliphatic heterocycles. The van der Waals surface area contributed by atoms with E-state index >= 15 is 0 Å². The van der Waals surface area contributed by atoms with Crippen LogP contribution in [0.2, 0.25) is 5.02 Å². The summed E-state index contributed by atoms with van der Waals surface area (Å²) in [6, 6.07) is 15.8. The van der Waals surface area contributed by atoms with Crippen molar-refractivity contribution in [3.05, 3.63) is 64.7 Å². The van der Waals surface area contributed by atoms with Gasteiger partial charge in [-0.05, 0) is 55.7 Å². The van der Waals surface area contributed by atoms with Gasteiger partial charge in [-0.25, -0.2) is 0 Å². The highest BCUT2D eigenvalue weighted by atomic mass is 35.5. The summed E-state index contributed by atoms with van der Waals surface area (Å²) in [5.74, 6) is 1.06. The minimum atomic E-state index is -0.560. The average molecular weight is 401 g/mol. The number of amides is 1. The summed E-state index contributed by atoms with van der Waals surface area (Å²) >= 11 is 6.00. The van der Waals surface area contributed by atoms with E-state index in [1.807, 2.05) is 55.1 Å². The van der Waals surface area contributed by atoms with Crippen LogP contribution >= 0.6 is 11.6 Å². The van der Waals surface area contributed by atoms with Crippen molar-refractivity contribution in [3.8, 4) is 5.75 Å². The van der Waals surface area contributed by atoms with Gasteiger partial charge < -0.3 is 9.64 Å². The molecule has 0 aromatic heterocycles. The van der Waals surface area contributed by atoms with E-state index in [-0.39, 0.29) is 5.91 Å². The third-order valence-corrected chi connectivity index (χ3v) is 5.79.